The van der Waals surface area contributed by atoms with E-state index in [1.807, 2.05) is 12.1 Å². The highest BCUT2D eigenvalue weighted by atomic mass is 19.1. The van der Waals surface area contributed by atoms with Crippen molar-refractivity contribution in [2.24, 2.45) is 0 Å². The Bertz CT molecular complexity index is 1130. The summed E-state index contributed by atoms with van der Waals surface area (Å²) in [6.45, 7) is 4.98. The number of morpholine rings is 1. The van der Waals surface area contributed by atoms with Gasteiger partial charge in [0.15, 0.2) is 11.5 Å². The number of nitriles is 1. The van der Waals surface area contributed by atoms with Gasteiger partial charge in [-0.15, -0.1) is 0 Å². The Labute approximate surface area is 185 Å². The summed E-state index contributed by atoms with van der Waals surface area (Å²) in [5, 5.41) is 12.7. The third kappa shape index (κ3) is 5.04. The molecule has 3 aromatic rings. The van der Waals surface area contributed by atoms with E-state index < -0.39 is 5.82 Å². The van der Waals surface area contributed by atoms with Gasteiger partial charge in [0.05, 0.1) is 38.0 Å². The maximum Gasteiger partial charge on any atom is 0.163 e. The number of nitrogens with zero attached hydrogens (tertiary/aromatic N) is 4. The highest BCUT2D eigenvalue weighted by Gasteiger charge is 2.14. The van der Waals surface area contributed by atoms with Crippen LogP contribution in [0.25, 0.3) is 10.9 Å². The van der Waals surface area contributed by atoms with Gasteiger partial charge < -0.3 is 19.5 Å². The first-order chi connectivity index (χ1) is 15.7. The number of halogens is 1. The van der Waals surface area contributed by atoms with E-state index in [0.717, 1.165) is 39.3 Å². The summed E-state index contributed by atoms with van der Waals surface area (Å²) in [6, 6.07) is 9.73. The molecule has 0 aliphatic carbocycles. The lowest BCUT2D eigenvalue weighted by Crippen LogP contribution is -2.37. The number of hydrogen-bond donors (Lipinski definition) is 1. The van der Waals surface area contributed by atoms with Crippen LogP contribution in [-0.2, 0) is 4.74 Å². The Hall–Kier alpha value is -3.48. The van der Waals surface area contributed by atoms with Crippen LogP contribution in [0.5, 0.6) is 11.5 Å². The topological polar surface area (TPSA) is 92.5 Å². The molecule has 0 radical (unpaired) electrons. The number of rotatable bonds is 8. The van der Waals surface area contributed by atoms with E-state index in [1.165, 1.54) is 18.5 Å². The van der Waals surface area contributed by atoms with Crippen LogP contribution in [-0.4, -0.2) is 61.4 Å². The zero-order valence-corrected chi connectivity index (χ0v) is 17.8. The number of methoxy groups -OCH3 is 1. The van der Waals surface area contributed by atoms with Gasteiger partial charge in [-0.3, -0.25) is 4.90 Å². The lowest BCUT2D eigenvalue weighted by molar-refractivity contribution is 0.0357. The average Bonchev–Trinajstić information content (AvgIpc) is 2.82. The number of nitrogens with one attached hydrogen (secondary N) is 1. The molecule has 8 nitrogen and oxygen atoms in total. The van der Waals surface area contributed by atoms with Crippen molar-refractivity contribution >= 4 is 22.4 Å². The van der Waals surface area contributed by atoms with Gasteiger partial charge in [-0.05, 0) is 30.7 Å². The number of hydrogen-bond acceptors (Lipinski definition) is 8. The number of fused-ring (bicyclic) bond motifs is 1. The highest BCUT2D eigenvalue weighted by Crippen LogP contribution is 2.35. The first-order valence-corrected chi connectivity index (χ1v) is 10.4. The molecule has 4 rings (SSSR count). The first-order valence-electron chi connectivity index (χ1n) is 10.4. The summed E-state index contributed by atoms with van der Waals surface area (Å²) < 4.78 is 30.8. The highest BCUT2D eigenvalue weighted by molar-refractivity contribution is 5.93. The molecule has 1 N–H and O–H groups in total. The maximum atomic E-state index is 14.0. The van der Waals surface area contributed by atoms with Crippen LogP contribution in [0.4, 0.5) is 15.9 Å². The largest absolute Gasteiger partial charge is 0.493 e. The maximum absolute atomic E-state index is 14.0. The molecule has 1 aromatic heterocycles. The van der Waals surface area contributed by atoms with Gasteiger partial charge in [0, 0.05) is 36.8 Å². The van der Waals surface area contributed by atoms with Gasteiger partial charge in [-0.25, -0.2) is 14.4 Å². The fourth-order valence-corrected chi connectivity index (χ4v) is 3.55. The van der Waals surface area contributed by atoms with Crippen molar-refractivity contribution in [2.45, 2.75) is 6.42 Å². The monoisotopic (exact) mass is 437 g/mol. The molecule has 1 aliphatic rings. The Balaban J connectivity index is 1.49. The van der Waals surface area contributed by atoms with E-state index in [4.69, 9.17) is 19.5 Å². The fraction of sp³-hybridized carbons (Fsp3) is 0.348. The van der Waals surface area contributed by atoms with Crippen molar-refractivity contribution < 1.29 is 18.6 Å². The minimum absolute atomic E-state index is 0.0137. The second-order valence-electron chi connectivity index (χ2n) is 7.33. The molecule has 1 saturated heterocycles. The molecule has 0 atom stereocenters. The van der Waals surface area contributed by atoms with Crippen LogP contribution in [0.1, 0.15) is 12.0 Å². The van der Waals surface area contributed by atoms with E-state index in [9.17, 15) is 4.39 Å². The number of aromatic nitrogens is 2. The van der Waals surface area contributed by atoms with Crippen molar-refractivity contribution in [1.82, 2.24) is 14.9 Å². The fourth-order valence-electron chi connectivity index (χ4n) is 3.55. The molecule has 9 heteroatoms. The van der Waals surface area contributed by atoms with Crippen molar-refractivity contribution in [1.29, 1.82) is 5.26 Å². The third-order valence-corrected chi connectivity index (χ3v) is 5.25. The van der Waals surface area contributed by atoms with Crippen LogP contribution >= 0.6 is 0 Å². The minimum Gasteiger partial charge on any atom is -0.493 e. The lowest BCUT2D eigenvalue weighted by Gasteiger charge is -2.26. The smallest absolute Gasteiger partial charge is 0.163 e. The van der Waals surface area contributed by atoms with Gasteiger partial charge in [-0.1, -0.05) is 0 Å². The predicted molar refractivity (Wildman–Crippen MR) is 118 cm³/mol. The molecule has 0 bridgehead atoms. The number of ether oxygens (including phenoxy) is 3. The molecule has 166 valence electrons. The summed E-state index contributed by atoms with van der Waals surface area (Å²) >= 11 is 0. The van der Waals surface area contributed by atoms with Crippen LogP contribution in [0.2, 0.25) is 0 Å². The van der Waals surface area contributed by atoms with Gasteiger partial charge in [-0.2, -0.15) is 5.26 Å². The number of benzene rings is 2. The molecule has 1 aliphatic heterocycles. The Morgan fingerprint density at radius 2 is 2.03 bits per heavy atom. The molecule has 0 amide bonds. The average molecular weight is 437 g/mol. The molecule has 0 saturated carbocycles. The van der Waals surface area contributed by atoms with Crippen LogP contribution in [0, 0.1) is 17.1 Å². The molecular formula is C23H24FN5O3. The Kier molecular flexibility index (Phi) is 6.94. The van der Waals surface area contributed by atoms with Gasteiger partial charge in [0.25, 0.3) is 0 Å². The summed E-state index contributed by atoms with van der Waals surface area (Å²) in [4.78, 5) is 11.0. The van der Waals surface area contributed by atoms with Gasteiger partial charge in [0.2, 0.25) is 0 Å². The van der Waals surface area contributed by atoms with Crippen LogP contribution in [0.15, 0.2) is 36.7 Å². The minimum atomic E-state index is -0.596. The normalized spacial score (nSPS) is 14.2. The van der Waals surface area contributed by atoms with Crippen molar-refractivity contribution in [3.8, 4) is 17.6 Å². The summed E-state index contributed by atoms with van der Waals surface area (Å²) in [5.74, 6) is 1.07. The quantitative estimate of drug-likeness (QED) is 0.536. The van der Waals surface area contributed by atoms with E-state index in [1.54, 1.807) is 19.2 Å². The predicted octanol–water partition coefficient (Wildman–Crippen LogP) is 3.49. The standard InChI is InChI=1S/C23H24FN5O3/c1-30-21-12-18-20(13-22(21)32-8-2-5-29-6-9-31-10-7-29)26-15-27-23(18)28-17-4-3-16(14-25)19(24)11-17/h3-4,11-13,15H,2,5-10H2,1H3,(H,26,27,28). The second kappa shape index (κ2) is 10.2. The second-order valence-corrected chi connectivity index (χ2v) is 7.33. The van der Waals surface area contributed by atoms with Gasteiger partial charge >= 0.3 is 0 Å². The van der Waals surface area contributed by atoms with Crippen molar-refractivity contribution in [2.75, 3.05) is 51.9 Å². The summed E-state index contributed by atoms with van der Waals surface area (Å²) in [7, 11) is 1.58. The Morgan fingerprint density at radius 3 is 2.78 bits per heavy atom. The zero-order chi connectivity index (χ0) is 22.3. The summed E-state index contributed by atoms with van der Waals surface area (Å²) in [6.07, 6.45) is 2.32. The first kappa shape index (κ1) is 21.7. The molecule has 1 fully saturated rings. The zero-order valence-electron chi connectivity index (χ0n) is 17.8. The molecule has 0 spiro atoms. The molecule has 2 heterocycles. The van der Waals surface area contributed by atoms with Crippen molar-refractivity contribution in [3.05, 3.63) is 48.0 Å². The van der Waals surface area contributed by atoms with Crippen LogP contribution in [0.3, 0.4) is 0 Å². The van der Waals surface area contributed by atoms with E-state index >= 15 is 0 Å². The molecular weight excluding hydrogens is 413 g/mol. The van der Waals surface area contributed by atoms with E-state index in [2.05, 4.69) is 20.2 Å². The molecule has 2 aromatic carbocycles. The molecule has 32 heavy (non-hydrogen) atoms. The van der Waals surface area contributed by atoms with Crippen molar-refractivity contribution in [3.63, 3.8) is 0 Å². The van der Waals surface area contributed by atoms with E-state index in [0.29, 0.717) is 40.5 Å². The lowest BCUT2D eigenvalue weighted by atomic mass is 10.2. The number of anilines is 2. The molecule has 0 unspecified atom stereocenters. The SMILES string of the molecule is COc1cc2c(Nc3ccc(C#N)c(F)c3)ncnc2cc1OCCCN1CCOCC1. The Morgan fingerprint density at radius 1 is 1.19 bits per heavy atom. The summed E-state index contributed by atoms with van der Waals surface area (Å²) in [5.41, 5.74) is 1.13. The third-order valence-electron chi connectivity index (χ3n) is 5.25. The van der Waals surface area contributed by atoms with Crippen LogP contribution < -0.4 is 14.8 Å². The van der Waals surface area contributed by atoms with E-state index in [-0.39, 0.29) is 5.56 Å². The van der Waals surface area contributed by atoms with Gasteiger partial charge in [0.1, 0.15) is 24.0 Å².